The molecule has 0 heterocycles. The van der Waals surface area contributed by atoms with Gasteiger partial charge in [-0.25, -0.2) is 0 Å². The average Bonchev–Trinajstić information content (AvgIpc) is 2.16. The number of allylic oxidation sites excluding steroid dienone is 2. The van der Waals surface area contributed by atoms with Crippen molar-refractivity contribution in [2.45, 2.75) is 33.6 Å². The summed E-state index contributed by atoms with van der Waals surface area (Å²) in [5.41, 5.74) is 0. The fourth-order valence-electron chi connectivity index (χ4n) is 1.18. The van der Waals surface area contributed by atoms with Crippen LogP contribution >= 0.6 is 0 Å². The predicted molar refractivity (Wildman–Crippen MR) is 62.2 cm³/mol. The normalized spacial score (nSPS) is 12.7. The van der Waals surface area contributed by atoms with Gasteiger partial charge in [0, 0.05) is 6.42 Å². The molecule has 0 aromatic carbocycles. The summed E-state index contributed by atoms with van der Waals surface area (Å²) in [4.78, 5) is 11.5. The van der Waals surface area contributed by atoms with Crippen LogP contribution in [0.2, 0.25) is 0 Å². The summed E-state index contributed by atoms with van der Waals surface area (Å²) in [6.45, 7) is 6.40. The monoisotopic (exact) mass is 208 g/mol. The molecule has 1 atom stereocenters. The quantitative estimate of drug-likeness (QED) is 0.381. The molecule has 0 fully saturated rings. The van der Waals surface area contributed by atoms with Gasteiger partial charge >= 0.3 is 5.97 Å². The van der Waals surface area contributed by atoms with Crippen LogP contribution < -0.4 is 0 Å². The van der Waals surface area contributed by atoms with E-state index in [4.69, 9.17) is 11.2 Å². The standard InChI is InChI=1S/C13H20O2/c1-5-8-12(13(14)15-6-2)10-7-9-11(3)4/h1,7,9,11-12H,6,8,10H2,2-4H3/b9-7+. The third-order valence-corrected chi connectivity index (χ3v) is 1.93. The Kier molecular flexibility index (Phi) is 7.44. The van der Waals surface area contributed by atoms with Crippen LogP contribution in [-0.2, 0) is 9.53 Å². The molecule has 0 aliphatic carbocycles. The second-order valence-electron chi connectivity index (χ2n) is 3.77. The van der Waals surface area contributed by atoms with Gasteiger partial charge in [0.05, 0.1) is 12.5 Å². The van der Waals surface area contributed by atoms with E-state index >= 15 is 0 Å². The van der Waals surface area contributed by atoms with Crippen molar-refractivity contribution >= 4 is 5.97 Å². The van der Waals surface area contributed by atoms with Crippen molar-refractivity contribution in [3.05, 3.63) is 12.2 Å². The molecule has 0 aliphatic heterocycles. The van der Waals surface area contributed by atoms with Crippen LogP contribution in [0.4, 0.5) is 0 Å². The number of esters is 1. The van der Waals surface area contributed by atoms with E-state index in [2.05, 4.69) is 25.8 Å². The fraction of sp³-hybridized carbons (Fsp3) is 0.615. The number of rotatable bonds is 6. The summed E-state index contributed by atoms with van der Waals surface area (Å²) < 4.78 is 4.95. The Balaban J connectivity index is 4.16. The molecule has 84 valence electrons. The highest BCUT2D eigenvalue weighted by Gasteiger charge is 2.16. The minimum Gasteiger partial charge on any atom is -0.466 e. The maximum absolute atomic E-state index is 11.5. The molecular formula is C13H20O2. The fourth-order valence-corrected chi connectivity index (χ4v) is 1.18. The van der Waals surface area contributed by atoms with E-state index in [-0.39, 0.29) is 11.9 Å². The van der Waals surface area contributed by atoms with Crippen LogP contribution in [0.5, 0.6) is 0 Å². The number of terminal acetylenes is 1. The van der Waals surface area contributed by atoms with E-state index in [9.17, 15) is 4.79 Å². The maximum Gasteiger partial charge on any atom is 0.310 e. The molecule has 15 heavy (non-hydrogen) atoms. The lowest BCUT2D eigenvalue weighted by atomic mass is 10.0. The summed E-state index contributed by atoms with van der Waals surface area (Å²) in [5.74, 6) is 2.63. The minimum absolute atomic E-state index is 0.190. The van der Waals surface area contributed by atoms with Gasteiger partial charge in [-0.05, 0) is 19.3 Å². The first kappa shape index (κ1) is 13.8. The molecule has 0 saturated heterocycles. The van der Waals surface area contributed by atoms with Gasteiger partial charge in [0.1, 0.15) is 0 Å². The molecule has 0 aromatic heterocycles. The molecule has 2 heteroatoms. The zero-order chi connectivity index (χ0) is 11.7. The predicted octanol–water partition coefficient (Wildman–Crippen LogP) is 2.79. The number of ether oxygens (including phenoxy) is 1. The summed E-state index contributed by atoms with van der Waals surface area (Å²) >= 11 is 0. The number of hydrogen-bond acceptors (Lipinski definition) is 2. The summed E-state index contributed by atoms with van der Waals surface area (Å²) in [6.07, 6.45) is 10.4. The van der Waals surface area contributed by atoms with E-state index in [1.54, 1.807) is 6.92 Å². The number of carbonyl (C=O) groups is 1. The molecule has 0 spiro atoms. The van der Waals surface area contributed by atoms with E-state index in [1.807, 2.05) is 6.08 Å². The molecule has 0 radical (unpaired) electrons. The van der Waals surface area contributed by atoms with Crippen molar-refractivity contribution in [2.24, 2.45) is 11.8 Å². The highest BCUT2D eigenvalue weighted by molar-refractivity contribution is 5.73. The second kappa shape index (κ2) is 8.11. The Labute approximate surface area is 92.7 Å². The van der Waals surface area contributed by atoms with Crippen LogP contribution in [0.15, 0.2) is 12.2 Å². The first-order valence-electron chi connectivity index (χ1n) is 5.38. The Morgan fingerprint density at radius 3 is 2.67 bits per heavy atom. The van der Waals surface area contributed by atoms with Crippen molar-refractivity contribution < 1.29 is 9.53 Å². The Bertz CT molecular complexity index is 246. The van der Waals surface area contributed by atoms with E-state index in [1.165, 1.54) is 0 Å². The van der Waals surface area contributed by atoms with E-state index in [0.717, 1.165) is 0 Å². The third kappa shape index (κ3) is 6.79. The molecule has 0 saturated carbocycles. The minimum atomic E-state index is -0.191. The lowest BCUT2D eigenvalue weighted by Gasteiger charge is -2.10. The smallest absolute Gasteiger partial charge is 0.310 e. The van der Waals surface area contributed by atoms with Gasteiger partial charge in [0.2, 0.25) is 0 Å². The molecule has 0 bridgehead atoms. The molecule has 0 N–H and O–H groups in total. The zero-order valence-corrected chi connectivity index (χ0v) is 9.82. The van der Waals surface area contributed by atoms with Crippen molar-refractivity contribution in [3.63, 3.8) is 0 Å². The average molecular weight is 208 g/mol. The van der Waals surface area contributed by atoms with Crippen LogP contribution in [0.1, 0.15) is 33.6 Å². The van der Waals surface area contributed by atoms with Gasteiger partial charge in [-0.15, -0.1) is 12.3 Å². The Hall–Kier alpha value is -1.23. The third-order valence-electron chi connectivity index (χ3n) is 1.93. The lowest BCUT2D eigenvalue weighted by molar-refractivity contribution is -0.147. The van der Waals surface area contributed by atoms with Crippen molar-refractivity contribution in [2.75, 3.05) is 6.61 Å². The molecule has 0 aliphatic rings. The van der Waals surface area contributed by atoms with Crippen molar-refractivity contribution in [1.29, 1.82) is 0 Å². The Morgan fingerprint density at radius 2 is 2.20 bits per heavy atom. The van der Waals surface area contributed by atoms with Crippen LogP contribution in [0.3, 0.4) is 0 Å². The molecule has 0 rings (SSSR count). The topological polar surface area (TPSA) is 26.3 Å². The largest absolute Gasteiger partial charge is 0.466 e. The molecule has 0 aromatic rings. The number of hydrogen-bond donors (Lipinski definition) is 0. The van der Waals surface area contributed by atoms with Gasteiger partial charge in [0.25, 0.3) is 0 Å². The van der Waals surface area contributed by atoms with Gasteiger partial charge in [-0.1, -0.05) is 26.0 Å². The first-order chi connectivity index (χ1) is 7.11. The van der Waals surface area contributed by atoms with Crippen LogP contribution in [0, 0.1) is 24.2 Å². The van der Waals surface area contributed by atoms with Crippen LogP contribution in [0.25, 0.3) is 0 Å². The van der Waals surface area contributed by atoms with Gasteiger partial charge in [0.15, 0.2) is 0 Å². The zero-order valence-electron chi connectivity index (χ0n) is 9.82. The maximum atomic E-state index is 11.5. The van der Waals surface area contributed by atoms with Crippen LogP contribution in [-0.4, -0.2) is 12.6 Å². The van der Waals surface area contributed by atoms with Gasteiger partial charge < -0.3 is 4.74 Å². The summed E-state index contributed by atoms with van der Waals surface area (Å²) in [7, 11) is 0. The summed E-state index contributed by atoms with van der Waals surface area (Å²) in [6, 6.07) is 0. The Morgan fingerprint density at radius 1 is 1.53 bits per heavy atom. The van der Waals surface area contributed by atoms with Crippen molar-refractivity contribution in [3.8, 4) is 12.3 Å². The van der Waals surface area contributed by atoms with Gasteiger partial charge in [-0.2, -0.15) is 0 Å². The highest BCUT2D eigenvalue weighted by Crippen LogP contribution is 2.12. The van der Waals surface area contributed by atoms with Crippen molar-refractivity contribution in [1.82, 2.24) is 0 Å². The highest BCUT2D eigenvalue weighted by atomic mass is 16.5. The molecule has 1 unspecified atom stereocenters. The second-order valence-corrected chi connectivity index (χ2v) is 3.77. The van der Waals surface area contributed by atoms with Gasteiger partial charge in [-0.3, -0.25) is 4.79 Å². The first-order valence-corrected chi connectivity index (χ1v) is 5.38. The number of carbonyl (C=O) groups excluding carboxylic acids is 1. The molecule has 0 amide bonds. The SMILES string of the molecule is C#CCC(C/C=C/C(C)C)C(=O)OCC. The molecule has 2 nitrogen and oxygen atoms in total. The lowest BCUT2D eigenvalue weighted by Crippen LogP contribution is -2.16. The molecular weight excluding hydrogens is 188 g/mol. The van der Waals surface area contributed by atoms with E-state index in [0.29, 0.717) is 25.4 Å². The summed E-state index contributed by atoms with van der Waals surface area (Å²) in [5, 5.41) is 0. The van der Waals surface area contributed by atoms with E-state index < -0.39 is 0 Å².